The summed E-state index contributed by atoms with van der Waals surface area (Å²) in [4.78, 5) is 3.92. The Hall–Kier alpha value is -1.43. The molecule has 0 atom stereocenters. The van der Waals surface area contributed by atoms with Gasteiger partial charge in [-0.1, -0.05) is 48.9 Å². The maximum absolute atomic E-state index is 12.7. The van der Waals surface area contributed by atoms with E-state index in [1.807, 2.05) is 37.3 Å². The van der Waals surface area contributed by atoms with Crippen molar-refractivity contribution in [3.63, 3.8) is 0 Å². The van der Waals surface area contributed by atoms with Crippen LogP contribution < -0.4 is 0 Å². The predicted octanol–water partition coefficient (Wildman–Crippen LogP) is 3.34. The van der Waals surface area contributed by atoms with Crippen molar-refractivity contribution < 1.29 is 8.42 Å². The van der Waals surface area contributed by atoms with Crippen LogP contribution in [-0.2, 0) is 16.6 Å². The van der Waals surface area contributed by atoms with Gasteiger partial charge in [0, 0.05) is 25.5 Å². The van der Waals surface area contributed by atoms with E-state index in [1.165, 1.54) is 22.8 Å². The normalized spacial score (nSPS) is 11.8. The van der Waals surface area contributed by atoms with Crippen molar-refractivity contribution in [3.8, 4) is 0 Å². The Balaban J connectivity index is 2.35. The molecule has 0 saturated carbocycles. The molecule has 1 aromatic carbocycles. The van der Waals surface area contributed by atoms with Crippen LogP contribution in [0.5, 0.6) is 0 Å². The quantitative estimate of drug-likeness (QED) is 0.819. The number of nitrogens with zero attached hydrogens (tertiary/aromatic N) is 2. The van der Waals surface area contributed by atoms with Gasteiger partial charge in [-0.15, -0.1) is 0 Å². The lowest BCUT2D eigenvalue weighted by molar-refractivity contribution is 0.405. The van der Waals surface area contributed by atoms with Crippen LogP contribution in [0.2, 0.25) is 5.02 Å². The average Bonchev–Trinajstić information content (AvgIpc) is 2.48. The van der Waals surface area contributed by atoms with Crippen LogP contribution in [0.3, 0.4) is 0 Å². The molecular formula is C15H17ClN2O2S. The molecule has 1 aromatic heterocycles. The highest BCUT2D eigenvalue weighted by molar-refractivity contribution is 7.89. The van der Waals surface area contributed by atoms with Crippen molar-refractivity contribution in [1.82, 2.24) is 9.29 Å². The second kappa shape index (κ2) is 7.02. The fraction of sp³-hybridized carbons (Fsp3) is 0.267. The molecule has 0 saturated heterocycles. The summed E-state index contributed by atoms with van der Waals surface area (Å²) in [5, 5.41) is 0.194. The van der Waals surface area contributed by atoms with E-state index < -0.39 is 10.0 Å². The molecule has 0 fully saturated rings. The summed E-state index contributed by atoms with van der Waals surface area (Å²) in [6, 6.07) is 11.0. The molecule has 0 spiro atoms. The molecule has 0 aliphatic rings. The zero-order valence-electron chi connectivity index (χ0n) is 11.7. The van der Waals surface area contributed by atoms with Gasteiger partial charge in [-0.25, -0.2) is 8.42 Å². The fourth-order valence-corrected chi connectivity index (χ4v) is 3.94. The first kappa shape index (κ1) is 15.9. The van der Waals surface area contributed by atoms with Crippen molar-refractivity contribution in [2.75, 3.05) is 6.54 Å². The Morgan fingerprint density at radius 2 is 1.90 bits per heavy atom. The third-order valence-electron chi connectivity index (χ3n) is 3.03. The van der Waals surface area contributed by atoms with E-state index in [4.69, 9.17) is 11.6 Å². The van der Waals surface area contributed by atoms with Crippen LogP contribution in [0.4, 0.5) is 0 Å². The maximum atomic E-state index is 12.7. The third kappa shape index (κ3) is 3.81. The van der Waals surface area contributed by atoms with Crippen LogP contribution in [0.15, 0.2) is 53.7 Å². The van der Waals surface area contributed by atoms with E-state index in [9.17, 15) is 8.42 Å². The van der Waals surface area contributed by atoms with Crippen LogP contribution in [-0.4, -0.2) is 24.3 Å². The van der Waals surface area contributed by atoms with E-state index >= 15 is 0 Å². The van der Waals surface area contributed by atoms with E-state index in [1.54, 1.807) is 0 Å². The largest absolute Gasteiger partial charge is 0.263 e. The van der Waals surface area contributed by atoms with Crippen molar-refractivity contribution in [2.24, 2.45) is 0 Å². The lowest BCUT2D eigenvalue weighted by Gasteiger charge is -2.22. The number of sulfonamides is 1. The molecule has 0 radical (unpaired) electrons. The molecule has 0 unspecified atom stereocenters. The number of benzene rings is 1. The first-order valence-electron chi connectivity index (χ1n) is 6.69. The number of hydrogen-bond donors (Lipinski definition) is 0. The predicted molar refractivity (Wildman–Crippen MR) is 83.6 cm³/mol. The molecule has 21 heavy (non-hydrogen) atoms. The Morgan fingerprint density at radius 1 is 1.19 bits per heavy atom. The Bertz CT molecular complexity index is 690. The van der Waals surface area contributed by atoms with E-state index in [0.29, 0.717) is 13.1 Å². The summed E-state index contributed by atoms with van der Waals surface area (Å²) >= 11 is 6.01. The average molecular weight is 325 g/mol. The lowest BCUT2D eigenvalue weighted by atomic mass is 10.2. The summed E-state index contributed by atoms with van der Waals surface area (Å²) in [6.07, 6.45) is 3.50. The highest BCUT2D eigenvalue weighted by atomic mass is 35.5. The number of aromatic nitrogens is 1. The minimum Gasteiger partial charge on any atom is -0.263 e. The molecule has 112 valence electrons. The monoisotopic (exact) mass is 324 g/mol. The molecule has 4 nitrogen and oxygen atoms in total. The highest BCUT2D eigenvalue weighted by Crippen LogP contribution is 2.24. The Morgan fingerprint density at radius 3 is 2.52 bits per heavy atom. The van der Waals surface area contributed by atoms with Gasteiger partial charge in [0.15, 0.2) is 0 Å². The molecule has 0 aliphatic carbocycles. The molecule has 2 aromatic rings. The fourth-order valence-electron chi connectivity index (χ4n) is 2.01. The number of rotatable bonds is 6. The van der Waals surface area contributed by atoms with Crippen LogP contribution in [0.25, 0.3) is 0 Å². The van der Waals surface area contributed by atoms with Gasteiger partial charge in [0.05, 0.1) is 5.02 Å². The summed E-state index contributed by atoms with van der Waals surface area (Å²) < 4.78 is 26.9. The summed E-state index contributed by atoms with van der Waals surface area (Å²) in [5.41, 5.74) is 0.939. The SMILES string of the molecule is CCCN(Cc1ccccc1)S(=O)(=O)c1cnccc1Cl. The van der Waals surface area contributed by atoms with Crippen LogP contribution >= 0.6 is 11.6 Å². The topological polar surface area (TPSA) is 50.3 Å². The smallest absolute Gasteiger partial charge is 0.246 e. The van der Waals surface area contributed by atoms with Crippen LogP contribution in [0, 0.1) is 0 Å². The second-order valence-corrected chi connectivity index (χ2v) is 6.94. The van der Waals surface area contributed by atoms with E-state index in [2.05, 4.69) is 4.98 Å². The zero-order valence-corrected chi connectivity index (χ0v) is 13.3. The van der Waals surface area contributed by atoms with E-state index in [0.717, 1.165) is 12.0 Å². The van der Waals surface area contributed by atoms with Crippen molar-refractivity contribution in [3.05, 3.63) is 59.4 Å². The van der Waals surface area contributed by atoms with Crippen molar-refractivity contribution in [2.45, 2.75) is 24.8 Å². The standard InChI is InChI=1S/C15H17ClN2O2S/c1-2-10-18(12-13-6-4-3-5-7-13)21(19,20)15-11-17-9-8-14(15)16/h3-9,11H,2,10,12H2,1H3. The molecule has 0 N–H and O–H groups in total. The van der Waals surface area contributed by atoms with Gasteiger partial charge in [0.1, 0.15) is 4.90 Å². The molecule has 0 aliphatic heterocycles. The van der Waals surface area contributed by atoms with Crippen LogP contribution in [0.1, 0.15) is 18.9 Å². The van der Waals surface area contributed by atoms with Gasteiger partial charge < -0.3 is 0 Å². The van der Waals surface area contributed by atoms with Gasteiger partial charge in [-0.2, -0.15) is 4.31 Å². The van der Waals surface area contributed by atoms with Gasteiger partial charge in [0.25, 0.3) is 0 Å². The zero-order chi connectivity index (χ0) is 15.3. The minimum absolute atomic E-state index is 0.0519. The highest BCUT2D eigenvalue weighted by Gasteiger charge is 2.26. The summed E-state index contributed by atoms with van der Waals surface area (Å²) in [7, 11) is -3.65. The molecule has 1 heterocycles. The Kier molecular flexibility index (Phi) is 5.33. The van der Waals surface area contributed by atoms with Crippen molar-refractivity contribution in [1.29, 1.82) is 0 Å². The number of halogens is 1. The lowest BCUT2D eigenvalue weighted by Crippen LogP contribution is -2.31. The molecular weight excluding hydrogens is 308 g/mol. The van der Waals surface area contributed by atoms with Crippen molar-refractivity contribution >= 4 is 21.6 Å². The van der Waals surface area contributed by atoms with Gasteiger partial charge in [-0.3, -0.25) is 4.98 Å². The van der Waals surface area contributed by atoms with Gasteiger partial charge in [-0.05, 0) is 18.1 Å². The number of hydrogen-bond acceptors (Lipinski definition) is 3. The third-order valence-corrected chi connectivity index (χ3v) is 5.34. The maximum Gasteiger partial charge on any atom is 0.246 e. The van der Waals surface area contributed by atoms with Gasteiger partial charge >= 0.3 is 0 Å². The summed E-state index contributed by atoms with van der Waals surface area (Å²) in [6.45, 7) is 2.70. The molecule has 0 bridgehead atoms. The van der Waals surface area contributed by atoms with E-state index in [-0.39, 0.29) is 9.92 Å². The molecule has 0 amide bonds. The first-order valence-corrected chi connectivity index (χ1v) is 8.51. The van der Waals surface area contributed by atoms with Gasteiger partial charge in [0.2, 0.25) is 10.0 Å². The molecule has 2 rings (SSSR count). The Labute approximate surface area is 130 Å². The first-order chi connectivity index (χ1) is 10.1. The minimum atomic E-state index is -3.65. The number of pyridine rings is 1. The second-order valence-electron chi connectivity index (χ2n) is 4.63. The molecule has 6 heteroatoms. The summed E-state index contributed by atoms with van der Waals surface area (Å²) in [5.74, 6) is 0.